The molecule has 0 atom stereocenters. The van der Waals surface area contributed by atoms with Crippen molar-refractivity contribution in [2.45, 2.75) is 58.5 Å². The second-order valence-corrected chi connectivity index (χ2v) is 9.06. The number of aliphatic imine (C=N–C) groups is 1. The van der Waals surface area contributed by atoms with E-state index in [1.54, 1.807) is 11.3 Å². The second-order valence-electron chi connectivity index (χ2n) is 8.03. The summed E-state index contributed by atoms with van der Waals surface area (Å²) in [4.78, 5) is 8.75. The van der Waals surface area contributed by atoms with E-state index in [2.05, 4.69) is 37.9 Å². The minimum Gasteiger partial charge on any atom is -0.351 e. The van der Waals surface area contributed by atoms with Gasteiger partial charge in [0.25, 0.3) is 0 Å². The van der Waals surface area contributed by atoms with Gasteiger partial charge in [-0.3, -0.25) is 0 Å². The Labute approximate surface area is 165 Å². The topological polar surface area (TPSA) is 58.3 Å². The molecule has 2 aromatic rings. The number of aryl methyl sites for hydroxylation is 1. The Kier molecular flexibility index (Phi) is 5.48. The van der Waals surface area contributed by atoms with E-state index in [0.717, 1.165) is 37.2 Å². The Morgan fingerprint density at radius 1 is 1.26 bits per heavy atom. The molecule has 27 heavy (non-hydrogen) atoms. The van der Waals surface area contributed by atoms with Crippen molar-refractivity contribution in [1.29, 1.82) is 0 Å². The number of nitrogens with zero attached hydrogens (tertiary/aromatic N) is 5. The molecule has 1 saturated carbocycles. The summed E-state index contributed by atoms with van der Waals surface area (Å²) in [5.41, 5.74) is 0.519. The maximum absolute atomic E-state index is 4.94. The van der Waals surface area contributed by atoms with Crippen LogP contribution in [0.1, 0.15) is 55.1 Å². The Morgan fingerprint density at radius 3 is 2.81 bits per heavy atom. The SMILES string of the molecule is Cc1nnc(CN=C(NCc2cccs2)N2CCC3(CCCCC3)C2)n1C. The summed E-state index contributed by atoms with van der Waals surface area (Å²) in [5, 5.41) is 14.2. The monoisotopic (exact) mass is 386 g/mol. The lowest BCUT2D eigenvalue weighted by Crippen LogP contribution is -2.41. The maximum Gasteiger partial charge on any atom is 0.194 e. The Morgan fingerprint density at radius 2 is 2.11 bits per heavy atom. The predicted octanol–water partition coefficient (Wildman–Crippen LogP) is 3.49. The van der Waals surface area contributed by atoms with E-state index in [1.165, 1.54) is 43.4 Å². The van der Waals surface area contributed by atoms with E-state index < -0.39 is 0 Å². The highest BCUT2D eigenvalue weighted by Crippen LogP contribution is 2.43. The molecule has 2 fully saturated rings. The van der Waals surface area contributed by atoms with Crippen LogP contribution in [0.25, 0.3) is 0 Å². The molecular weight excluding hydrogens is 356 g/mol. The molecule has 1 aliphatic heterocycles. The molecule has 2 aliphatic rings. The summed E-state index contributed by atoms with van der Waals surface area (Å²) in [6, 6.07) is 4.28. The molecule has 1 saturated heterocycles. The van der Waals surface area contributed by atoms with Crippen molar-refractivity contribution in [1.82, 2.24) is 25.0 Å². The first-order valence-electron chi connectivity index (χ1n) is 10.1. The third-order valence-electron chi connectivity index (χ3n) is 6.21. The Bertz CT molecular complexity index is 773. The van der Waals surface area contributed by atoms with E-state index in [1.807, 2.05) is 18.5 Å². The number of guanidine groups is 1. The number of hydrogen-bond donors (Lipinski definition) is 1. The fraction of sp³-hybridized carbons (Fsp3) is 0.650. The molecule has 0 aromatic carbocycles. The van der Waals surface area contributed by atoms with Gasteiger partial charge in [0, 0.05) is 25.0 Å². The summed E-state index contributed by atoms with van der Waals surface area (Å²) in [6.07, 6.45) is 8.25. The molecule has 0 radical (unpaired) electrons. The zero-order valence-corrected chi connectivity index (χ0v) is 17.3. The Balaban J connectivity index is 1.48. The van der Waals surface area contributed by atoms with Crippen LogP contribution in [0.5, 0.6) is 0 Å². The number of thiophene rings is 1. The molecule has 1 N–H and O–H groups in total. The molecule has 0 unspecified atom stereocenters. The minimum atomic E-state index is 0.519. The molecule has 1 spiro atoms. The van der Waals surface area contributed by atoms with Gasteiger partial charge < -0.3 is 14.8 Å². The number of nitrogens with one attached hydrogen (secondary N) is 1. The zero-order chi connectivity index (χ0) is 18.7. The molecule has 0 bridgehead atoms. The van der Waals surface area contributed by atoms with Crippen molar-refractivity contribution in [2.75, 3.05) is 13.1 Å². The quantitative estimate of drug-likeness (QED) is 0.645. The number of aromatic nitrogens is 3. The average molecular weight is 387 g/mol. The first kappa shape index (κ1) is 18.5. The van der Waals surface area contributed by atoms with Gasteiger partial charge in [0.2, 0.25) is 0 Å². The van der Waals surface area contributed by atoms with Gasteiger partial charge in [0.15, 0.2) is 11.8 Å². The van der Waals surface area contributed by atoms with Crippen molar-refractivity contribution in [3.05, 3.63) is 34.0 Å². The highest BCUT2D eigenvalue weighted by atomic mass is 32.1. The number of rotatable bonds is 4. The van der Waals surface area contributed by atoms with Crippen LogP contribution in [0, 0.1) is 12.3 Å². The van der Waals surface area contributed by atoms with Gasteiger partial charge >= 0.3 is 0 Å². The minimum absolute atomic E-state index is 0.519. The summed E-state index contributed by atoms with van der Waals surface area (Å²) >= 11 is 1.79. The van der Waals surface area contributed by atoms with Gasteiger partial charge in [-0.25, -0.2) is 4.99 Å². The van der Waals surface area contributed by atoms with Crippen LogP contribution in [0.4, 0.5) is 0 Å². The highest BCUT2D eigenvalue weighted by Gasteiger charge is 2.39. The van der Waals surface area contributed by atoms with Crippen LogP contribution in [0.15, 0.2) is 22.5 Å². The smallest absolute Gasteiger partial charge is 0.194 e. The molecule has 0 amide bonds. The van der Waals surface area contributed by atoms with E-state index >= 15 is 0 Å². The molecule has 7 heteroatoms. The number of likely N-dealkylation sites (tertiary alicyclic amines) is 1. The van der Waals surface area contributed by atoms with Crippen LogP contribution in [-0.2, 0) is 20.1 Å². The molecule has 1 aliphatic carbocycles. The van der Waals surface area contributed by atoms with Crippen molar-refractivity contribution < 1.29 is 0 Å². The zero-order valence-electron chi connectivity index (χ0n) is 16.4. The van der Waals surface area contributed by atoms with Gasteiger partial charge in [0.1, 0.15) is 12.4 Å². The lowest BCUT2D eigenvalue weighted by molar-refractivity contribution is 0.203. The van der Waals surface area contributed by atoms with E-state index in [-0.39, 0.29) is 0 Å². The fourth-order valence-electron chi connectivity index (χ4n) is 4.41. The fourth-order valence-corrected chi connectivity index (χ4v) is 5.05. The largest absolute Gasteiger partial charge is 0.351 e. The average Bonchev–Trinajstić information content (AvgIpc) is 3.40. The van der Waals surface area contributed by atoms with Crippen LogP contribution in [-0.4, -0.2) is 38.7 Å². The van der Waals surface area contributed by atoms with Gasteiger partial charge in [-0.1, -0.05) is 25.3 Å². The Hall–Kier alpha value is -1.89. The normalized spacial score (nSPS) is 19.8. The third kappa shape index (κ3) is 4.18. The lowest BCUT2D eigenvalue weighted by atomic mass is 9.73. The molecule has 6 nitrogen and oxygen atoms in total. The van der Waals surface area contributed by atoms with E-state index in [9.17, 15) is 0 Å². The van der Waals surface area contributed by atoms with Gasteiger partial charge in [-0.15, -0.1) is 21.5 Å². The third-order valence-corrected chi connectivity index (χ3v) is 7.08. The lowest BCUT2D eigenvalue weighted by Gasteiger charge is -2.33. The summed E-state index contributed by atoms with van der Waals surface area (Å²) < 4.78 is 2.02. The molecular formula is C20H30N6S. The van der Waals surface area contributed by atoms with Crippen LogP contribution < -0.4 is 5.32 Å². The first-order chi connectivity index (χ1) is 13.2. The summed E-state index contributed by atoms with van der Waals surface area (Å²) in [7, 11) is 2.01. The standard InChI is InChI=1S/C20H30N6S/c1-16-23-24-18(25(16)2)14-22-19(21-13-17-7-6-12-27-17)26-11-10-20(15-26)8-4-3-5-9-20/h6-7,12H,3-5,8-11,13-15H2,1-2H3,(H,21,22). The second kappa shape index (κ2) is 8.00. The van der Waals surface area contributed by atoms with Crippen molar-refractivity contribution in [3.63, 3.8) is 0 Å². The van der Waals surface area contributed by atoms with Gasteiger partial charge in [0.05, 0.1) is 6.54 Å². The molecule has 2 aromatic heterocycles. The van der Waals surface area contributed by atoms with E-state index in [4.69, 9.17) is 4.99 Å². The summed E-state index contributed by atoms with van der Waals surface area (Å²) in [6.45, 7) is 5.62. The van der Waals surface area contributed by atoms with E-state index in [0.29, 0.717) is 12.0 Å². The van der Waals surface area contributed by atoms with Crippen molar-refractivity contribution in [3.8, 4) is 0 Å². The molecule has 3 heterocycles. The van der Waals surface area contributed by atoms with Crippen LogP contribution in [0.3, 0.4) is 0 Å². The summed E-state index contributed by atoms with van der Waals surface area (Å²) in [5.74, 6) is 2.86. The maximum atomic E-state index is 4.94. The molecule has 146 valence electrons. The van der Waals surface area contributed by atoms with Crippen LogP contribution in [0.2, 0.25) is 0 Å². The number of hydrogen-bond acceptors (Lipinski definition) is 4. The predicted molar refractivity (Wildman–Crippen MR) is 110 cm³/mol. The molecule has 4 rings (SSSR count). The van der Waals surface area contributed by atoms with Crippen molar-refractivity contribution >= 4 is 17.3 Å². The van der Waals surface area contributed by atoms with Crippen LogP contribution >= 0.6 is 11.3 Å². The highest BCUT2D eigenvalue weighted by molar-refractivity contribution is 7.09. The first-order valence-corrected chi connectivity index (χ1v) is 10.9. The van der Waals surface area contributed by atoms with Gasteiger partial charge in [-0.2, -0.15) is 0 Å². The van der Waals surface area contributed by atoms with Gasteiger partial charge in [-0.05, 0) is 43.0 Å². The van der Waals surface area contributed by atoms with Crippen molar-refractivity contribution in [2.24, 2.45) is 17.5 Å².